The number of benzene rings is 2. The van der Waals surface area contributed by atoms with E-state index in [9.17, 15) is 4.79 Å². The molecule has 0 aliphatic heterocycles. The van der Waals surface area contributed by atoms with Gasteiger partial charge < -0.3 is 4.42 Å². The summed E-state index contributed by atoms with van der Waals surface area (Å²) in [4.78, 5) is 12.7. The summed E-state index contributed by atoms with van der Waals surface area (Å²) < 4.78 is 5.83. The van der Waals surface area contributed by atoms with Gasteiger partial charge in [0.15, 0.2) is 10.9 Å². The molecule has 0 N–H and O–H groups in total. The first-order valence-corrected chi connectivity index (χ1v) is 8.33. The van der Waals surface area contributed by atoms with Crippen LogP contribution in [0.5, 0.6) is 0 Å². The van der Waals surface area contributed by atoms with Gasteiger partial charge in [-0.1, -0.05) is 53.7 Å². The molecule has 2 aromatic carbocycles. The Morgan fingerprint density at radius 1 is 1.05 bits per heavy atom. The Bertz CT molecular complexity index is 792. The molecule has 0 saturated heterocycles. The van der Waals surface area contributed by atoms with Crippen LogP contribution in [-0.2, 0) is 0 Å². The Morgan fingerprint density at radius 3 is 2.36 bits per heavy atom. The molecule has 0 aliphatic rings. The van der Waals surface area contributed by atoms with Crippen molar-refractivity contribution in [1.82, 2.24) is 0 Å². The van der Waals surface area contributed by atoms with E-state index in [0.717, 1.165) is 5.56 Å². The highest BCUT2D eigenvalue weighted by Crippen LogP contribution is 2.32. The SMILES string of the molecule is CSc1oc(-c2ccccc2)cc1C(=O)c1ccc(Cl)cc1. The fraction of sp³-hybridized carbons (Fsp3) is 0.0556. The van der Waals surface area contributed by atoms with Gasteiger partial charge in [-0.3, -0.25) is 4.79 Å². The van der Waals surface area contributed by atoms with Crippen LogP contribution in [0.3, 0.4) is 0 Å². The molecule has 0 atom stereocenters. The average molecular weight is 329 g/mol. The highest BCUT2D eigenvalue weighted by Gasteiger charge is 2.19. The second-order valence-electron chi connectivity index (χ2n) is 4.72. The number of rotatable bonds is 4. The van der Waals surface area contributed by atoms with Crippen LogP contribution in [0, 0.1) is 0 Å². The summed E-state index contributed by atoms with van der Waals surface area (Å²) in [5, 5.41) is 1.23. The Balaban J connectivity index is 2.01. The summed E-state index contributed by atoms with van der Waals surface area (Å²) in [5.74, 6) is 0.634. The molecule has 110 valence electrons. The van der Waals surface area contributed by atoms with Gasteiger partial charge in [0.2, 0.25) is 0 Å². The van der Waals surface area contributed by atoms with E-state index >= 15 is 0 Å². The normalized spacial score (nSPS) is 10.6. The molecule has 0 aliphatic carbocycles. The lowest BCUT2D eigenvalue weighted by Crippen LogP contribution is -2.00. The number of halogens is 1. The lowest BCUT2D eigenvalue weighted by molar-refractivity contribution is 0.103. The first kappa shape index (κ1) is 14.9. The molecule has 22 heavy (non-hydrogen) atoms. The second kappa shape index (κ2) is 6.42. The lowest BCUT2D eigenvalue weighted by atomic mass is 10.1. The third-order valence-electron chi connectivity index (χ3n) is 3.29. The number of furan rings is 1. The molecule has 0 bridgehead atoms. The second-order valence-corrected chi connectivity index (χ2v) is 5.93. The van der Waals surface area contributed by atoms with Crippen molar-refractivity contribution in [3.05, 3.63) is 76.8 Å². The van der Waals surface area contributed by atoms with Crippen LogP contribution in [0.1, 0.15) is 15.9 Å². The van der Waals surface area contributed by atoms with E-state index in [1.54, 1.807) is 30.3 Å². The average Bonchev–Trinajstić information content (AvgIpc) is 3.00. The van der Waals surface area contributed by atoms with Gasteiger partial charge in [0.1, 0.15) is 5.76 Å². The van der Waals surface area contributed by atoms with Crippen molar-refractivity contribution in [1.29, 1.82) is 0 Å². The maximum atomic E-state index is 12.7. The summed E-state index contributed by atoms with van der Waals surface area (Å²) >= 11 is 7.29. The smallest absolute Gasteiger partial charge is 0.197 e. The topological polar surface area (TPSA) is 30.2 Å². The van der Waals surface area contributed by atoms with E-state index in [0.29, 0.717) is 27.0 Å². The number of ketones is 1. The minimum absolute atomic E-state index is 0.0630. The van der Waals surface area contributed by atoms with Crippen LogP contribution in [0.15, 0.2) is 70.2 Å². The van der Waals surface area contributed by atoms with Gasteiger partial charge in [0.05, 0.1) is 5.56 Å². The molecule has 3 rings (SSSR count). The van der Waals surface area contributed by atoms with E-state index in [2.05, 4.69) is 0 Å². The van der Waals surface area contributed by atoms with E-state index in [-0.39, 0.29) is 5.78 Å². The van der Waals surface area contributed by atoms with Crippen LogP contribution in [0.4, 0.5) is 0 Å². The monoisotopic (exact) mass is 328 g/mol. The molecule has 2 nitrogen and oxygen atoms in total. The van der Waals surface area contributed by atoms with Crippen molar-refractivity contribution in [3.8, 4) is 11.3 Å². The van der Waals surface area contributed by atoms with Crippen molar-refractivity contribution in [2.24, 2.45) is 0 Å². The van der Waals surface area contributed by atoms with Gasteiger partial charge in [-0.05, 0) is 36.6 Å². The van der Waals surface area contributed by atoms with Crippen LogP contribution in [0.2, 0.25) is 5.02 Å². The number of carbonyl (C=O) groups excluding carboxylic acids is 1. The zero-order chi connectivity index (χ0) is 15.5. The summed E-state index contributed by atoms with van der Waals surface area (Å²) in [5.41, 5.74) is 2.13. The number of hydrogen-bond acceptors (Lipinski definition) is 3. The molecule has 0 spiro atoms. The molecule has 0 radical (unpaired) electrons. The Morgan fingerprint density at radius 2 is 1.73 bits per heavy atom. The molecular weight excluding hydrogens is 316 g/mol. The molecule has 1 heterocycles. The van der Waals surface area contributed by atoms with E-state index in [1.165, 1.54) is 11.8 Å². The minimum atomic E-state index is -0.0630. The van der Waals surface area contributed by atoms with Crippen molar-refractivity contribution in [2.75, 3.05) is 6.26 Å². The van der Waals surface area contributed by atoms with Crippen molar-refractivity contribution in [3.63, 3.8) is 0 Å². The van der Waals surface area contributed by atoms with Gasteiger partial charge in [-0.25, -0.2) is 0 Å². The Hall–Kier alpha value is -1.97. The summed E-state index contributed by atoms with van der Waals surface area (Å²) in [7, 11) is 0. The van der Waals surface area contributed by atoms with E-state index in [1.807, 2.05) is 36.6 Å². The summed E-state index contributed by atoms with van der Waals surface area (Å²) in [6, 6.07) is 18.4. The largest absolute Gasteiger partial charge is 0.449 e. The van der Waals surface area contributed by atoms with Crippen LogP contribution < -0.4 is 0 Å². The van der Waals surface area contributed by atoms with Gasteiger partial charge in [0.25, 0.3) is 0 Å². The first-order chi connectivity index (χ1) is 10.7. The molecule has 4 heteroatoms. The van der Waals surface area contributed by atoms with Crippen molar-refractivity contribution in [2.45, 2.75) is 5.09 Å². The molecule has 1 aromatic heterocycles. The minimum Gasteiger partial charge on any atom is -0.449 e. The zero-order valence-corrected chi connectivity index (χ0v) is 13.4. The molecule has 3 aromatic rings. The van der Waals surface area contributed by atoms with Gasteiger partial charge >= 0.3 is 0 Å². The fourth-order valence-corrected chi connectivity index (χ4v) is 2.86. The summed E-state index contributed by atoms with van der Waals surface area (Å²) in [6.07, 6.45) is 1.90. The van der Waals surface area contributed by atoms with Gasteiger partial charge in [0, 0.05) is 16.1 Å². The van der Waals surface area contributed by atoms with E-state index in [4.69, 9.17) is 16.0 Å². The fourth-order valence-electron chi connectivity index (χ4n) is 2.19. The van der Waals surface area contributed by atoms with Crippen LogP contribution in [0.25, 0.3) is 11.3 Å². The third-order valence-corrected chi connectivity index (χ3v) is 4.22. The standard InChI is InChI=1S/C18H13ClO2S/c1-22-18-15(17(20)13-7-9-14(19)10-8-13)11-16(21-18)12-5-3-2-4-6-12/h2-11H,1H3. The van der Waals surface area contributed by atoms with Crippen LogP contribution >= 0.6 is 23.4 Å². The highest BCUT2D eigenvalue weighted by molar-refractivity contribution is 7.98. The number of thioether (sulfide) groups is 1. The molecular formula is C18H13ClO2S. The molecule has 0 saturated carbocycles. The molecule has 0 fully saturated rings. The maximum absolute atomic E-state index is 12.7. The zero-order valence-electron chi connectivity index (χ0n) is 11.9. The Kier molecular flexibility index (Phi) is 4.36. The predicted octanol–water partition coefficient (Wildman–Crippen LogP) is 5.55. The van der Waals surface area contributed by atoms with Gasteiger partial charge in [-0.15, -0.1) is 0 Å². The van der Waals surface area contributed by atoms with E-state index < -0.39 is 0 Å². The lowest BCUT2D eigenvalue weighted by Gasteiger charge is -2.00. The summed E-state index contributed by atoms with van der Waals surface area (Å²) in [6.45, 7) is 0. The Labute approximate surface area is 138 Å². The highest BCUT2D eigenvalue weighted by atomic mass is 35.5. The molecule has 0 unspecified atom stereocenters. The maximum Gasteiger partial charge on any atom is 0.197 e. The molecule has 0 amide bonds. The first-order valence-electron chi connectivity index (χ1n) is 6.72. The van der Waals surface area contributed by atoms with Gasteiger partial charge in [-0.2, -0.15) is 0 Å². The van der Waals surface area contributed by atoms with Crippen LogP contribution in [-0.4, -0.2) is 12.0 Å². The predicted molar refractivity (Wildman–Crippen MR) is 90.8 cm³/mol. The number of carbonyl (C=O) groups is 1. The quantitative estimate of drug-likeness (QED) is 0.464. The van der Waals surface area contributed by atoms with Crippen molar-refractivity contribution < 1.29 is 9.21 Å². The third kappa shape index (κ3) is 2.96. The number of hydrogen-bond donors (Lipinski definition) is 0. The van der Waals surface area contributed by atoms with Crippen molar-refractivity contribution >= 4 is 29.1 Å².